The Hall–Kier alpha value is -0.570. The van der Waals surface area contributed by atoms with E-state index in [4.69, 9.17) is 0 Å². The van der Waals surface area contributed by atoms with Crippen molar-refractivity contribution in [1.82, 2.24) is 4.98 Å². The summed E-state index contributed by atoms with van der Waals surface area (Å²) in [6.07, 6.45) is 9.94. The molecule has 0 unspecified atom stereocenters. The number of aromatic nitrogens is 1. The molecule has 0 bridgehead atoms. The summed E-state index contributed by atoms with van der Waals surface area (Å²) in [6, 6.07) is 2.74. The highest BCUT2D eigenvalue weighted by atomic mass is 79.9. The third kappa shape index (κ3) is 3.21. The van der Waals surface area contributed by atoms with Gasteiger partial charge < -0.3 is 5.32 Å². The van der Waals surface area contributed by atoms with Gasteiger partial charge in [-0.2, -0.15) is 0 Å². The molecular weight excluding hydrogens is 264 g/mol. The Morgan fingerprint density at radius 1 is 1.25 bits per heavy atom. The molecule has 1 fully saturated rings. The molecule has 0 spiro atoms. The summed E-state index contributed by atoms with van der Waals surface area (Å²) in [4.78, 5) is 4.44. The maximum absolute atomic E-state index is 4.44. The molecule has 1 aromatic heterocycles. The van der Waals surface area contributed by atoms with E-state index in [2.05, 4.69) is 39.2 Å². The second-order valence-electron chi connectivity index (χ2n) is 4.65. The first-order valence-corrected chi connectivity index (χ1v) is 6.93. The van der Waals surface area contributed by atoms with Gasteiger partial charge in [0.1, 0.15) is 5.82 Å². The molecule has 2 rings (SSSR count). The second kappa shape index (κ2) is 5.67. The van der Waals surface area contributed by atoms with Crippen LogP contribution in [-0.2, 0) is 0 Å². The molecule has 0 atom stereocenters. The molecule has 1 N–H and O–H groups in total. The van der Waals surface area contributed by atoms with Crippen LogP contribution in [0.3, 0.4) is 0 Å². The van der Waals surface area contributed by atoms with E-state index in [1.165, 1.54) is 44.1 Å². The summed E-state index contributed by atoms with van der Waals surface area (Å²) in [7, 11) is 0. The standard InChI is InChI=1S/C13H19BrN2/c1-10-8-11(14)9-15-13(10)16-12-6-4-2-3-5-7-12/h8-9,12H,2-7H2,1H3,(H,15,16). The molecule has 2 nitrogen and oxygen atoms in total. The Morgan fingerprint density at radius 2 is 1.94 bits per heavy atom. The molecule has 1 saturated carbocycles. The minimum atomic E-state index is 0.620. The predicted octanol–water partition coefficient (Wildman–Crippen LogP) is 4.29. The molecule has 1 aliphatic rings. The number of hydrogen-bond donors (Lipinski definition) is 1. The largest absolute Gasteiger partial charge is 0.367 e. The van der Waals surface area contributed by atoms with Crippen LogP contribution in [0.4, 0.5) is 5.82 Å². The van der Waals surface area contributed by atoms with E-state index in [1.54, 1.807) is 0 Å². The van der Waals surface area contributed by atoms with E-state index < -0.39 is 0 Å². The lowest BCUT2D eigenvalue weighted by Gasteiger charge is -2.18. The average Bonchev–Trinajstić information content (AvgIpc) is 2.51. The lowest BCUT2D eigenvalue weighted by Crippen LogP contribution is -2.19. The minimum Gasteiger partial charge on any atom is -0.367 e. The van der Waals surface area contributed by atoms with Gasteiger partial charge in [-0.15, -0.1) is 0 Å². The fourth-order valence-electron chi connectivity index (χ4n) is 2.31. The monoisotopic (exact) mass is 282 g/mol. The molecule has 3 heteroatoms. The molecule has 1 aromatic rings. The average molecular weight is 283 g/mol. The maximum atomic E-state index is 4.44. The number of pyridine rings is 1. The summed E-state index contributed by atoms with van der Waals surface area (Å²) < 4.78 is 1.05. The quantitative estimate of drug-likeness (QED) is 0.819. The zero-order chi connectivity index (χ0) is 11.4. The highest BCUT2D eigenvalue weighted by molar-refractivity contribution is 9.10. The number of anilines is 1. The fourth-order valence-corrected chi connectivity index (χ4v) is 2.75. The number of aryl methyl sites for hydroxylation is 1. The maximum Gasteiger partial charge on any atom is 0.129 e. The van der Waals surface area contributed by atoms with Crippen LogP contribution in [0.25, 0.3) is 0 Å². The van der Waals surface area contributed by atoms with Crippen LogP contribution in [0.2, 0.25) is 0 Å². The normalized spacial score (nSPS) is 18.1. The summed E-state index contributed by atoms with van der Waals surface area (Å²) in [5, 5.41) is 3.58. The summed E-state index contributed by atoms with van der Waals surface area (Å²) >= 11 is 3.44. The van der Waals surface area contributed by atoms with Crippen molar-refractivity contribution in [3.05, 3.63) is 22.3 Å². The van der Waals surface area contributed by atoms with Crippen molar-refractivity contribution in [2.45, 2.75) is 51.5 Å². The minimum absolute atomic E-state index is 0.620. The van der Waals surface area contributed by atoms with Gasteiger partial charge in [0.15, 0.2) is 0 Å². The van der Waals surface area contributed by atoms with Crippen molar-refractivity contribution in [1.29, 1.82) is 0 Å². The highest BCUT2D eigenvalue weighted by Crippen LogP contribution is 2.23. The van der Waals surface area contributed by atoms with Gasteiger partial charge in [0, 0.05) is 16.7 Å². The summed E-state index contributed by atoms with van der Waals surface area (Å²) in [5.41, 5.74) is 1.22. The van der Waals surface area contributed by atoms with Gasteiger partial charge in [-0.25, -0.2) is 4.98 Å². The Bertz CT molecular complexity index is 344. The number of halogens is 1. The first kappa shape index (κ1) is 11.9. The number of hydrogen-bond acceptors (Lipinski definition) is 2. The van der Waals surface area contributed by atoms with E-state index in [-0.39, 0.29) is 0 Å². The lowest BCUT2D eigenvalue weighted by atomic mass is 10.1. The van der Waals surface area contributed by atoms with Crippen LogP contribution in [0.5, 0.6) is 0 Å². The van der Waals surface area contributed by atoms with E-state index in [9.17, 15) is 0 Å². The molecule has 1 aliphatic carbocycles. The first-order chi connectivity index (χ1) is 7.75. The molecule has 88 valence electrons. The Labute approximate surface area is 106 Å². The molecule has 0 radical (unpaired) electrons. The zero-order valence-electron chi connectivity index (χ0n) is 9.80. The van der Waals surface area contributed by atoms with Crippen LogP contribution < -0.4 is 5.32 Å². The van der Waals surface area contributed by atoms with Crippen molar-refractivity contribution in [2.24, 2.45) is 0 Å². The highest BCUT2D eigenvalue weighted by Gasteiger charge is 2.13. The van der Waals surface area contributed by atoms with Gasteiger partial charge in [0.2, 0.25) is 0 Å². The SMILES string of the molecule is Cc1cc(Br)cnc1NC1CCCCCC1. The number of nitrogens with zero attached hydrogens (tertiary/aromatic N) is 1. The topological polar surface area (TPSA) is 24.9 Å². The van der Waals surface area contributed by atoms with Crippen molar-refractivity contribution in [2.75, 3.05) is 5.32 Å². The van der Waals surface area contributed by atoms with Gasteiger partial charge in [0.25, 0.3) is 0 Å². The number of nitrogens with one attached hydrogen (secondary N) is 1. The van der Waals surface area contributed by atoms with Gasteiger partial charge in [-0.05, 0) is 47.3 Å². The molecule has 1 heterocycles. The van der Waals surface area contributed by atoms with Crippen LogP contribution in [0, 0.1) is 6.92 Å². The van der Waals surface area contributed by atoms with E-state index in [0.717, 1.165) is 10.3 Å². The van der Waals surface area contributed by atoms with Crippen molar-refractivity contribution in [3.63, 3.8) is 0 Å². The fraction of sp³-hybridized carbons (Fsp3) is 0.615. The molecule has 16 heavy (non-hydrogen) atoms. The van der Waals surface area contributed by atoms with Crippen LogP contribution in [0.15, 0.2) is 16.7 Å². The smallest absolute Gasteiger partial charge is 0.129 e. The predicted molar refractivity (Wildman–Crippen MR) is 71.8 cm³/mol. The Kier molecular flexibility index (Phi) is 4.22. The first-order valence-electron chi connectivity index (χ1n) is 6.14. The third-order valence-electron chi connectivity index (χ3n) is 3.24. The Morgan fingerprint density at radius 3 is 2.56 bits per heavy atom. The second-order valence-corrected chi connectivity index (χ2v) is 5.57. The van der Waals surface area contributed by atoms with Gasteiger partial charge in [-0.1, -0.05) is 25.7 Å². The van der Waals surface area contributed by atoms with E-state index >= 15 is 0 Å². The molecular formula is C13H19BrN2. The van der Waals surface area contributed by atoms with E-state index in [1.807, 2.05) is 6.20 Å². The van der Waals surface area contributed by atoms with Crippen LogP contribution in [0.1, 0.15) is 44.1 Å². The van der Waals surface area contributed by atoms with Gasteiger partial charge in [0.05, 0.1) is 0 Å². The summed E-state index contributed by atoms with van der Waals surface area (Å²) in [5.74, 6) is 1.05. The van der Waals surface area contributed by atoms with Crippen molar-refractivity contribution in [3.8, 4) is 0 Å². The van der Waals surface area contributed by atoms with Crippen molar-refractivity contribution >= 4 is 21.7 Å². The number of rotatable bonds is 2. The van der Waals surface area contributed by atoms with Gasteiger partial charge in [-0.3, -0.25) is 0 Å². The van der Waals surface area contributed by atoms with Crippen LogP contribution in [-0.4, -0.2) is 11.0 Å². The summed E-state index contributed by atoms with van der Waals surface area (Å²) in [6.45, 7) is 2.11. The third-order valence-corrected chi connectivity index (χ3v) is 3.67. The molecule has 0 aliphatic heterocycles. The van der Waals surface area contributed by atoms with Gasteiger partial charge >= 0.3 is 0 Å². The van der Waals surface area contributed by atoms with Crippen molar-refractivity contribution < 1.29 is 0 Å². The van der Waals surface area contributed by atoms with Crippen LogP contribution >= 0.6 is 15.9 Å². The molecule has 0 saturated heterocycles. The zero-order valence-corrected chi connectivity index (χ0v) is 11.4. The Balaban J connectivity index is 2.01. The van der Waals surface area contributed by atoms with E-state index in [0.29, 0.717) is 6.04 Å². The lowest BCUT2D eigenvalue weighted by molar-refractivity contribution is 0.617. The molecule has 0 aromatic carbocycles. The molecule has 0 amide bonds.